The Labute approximate surface area is 148 Å². The van der Waals surface area contributed by atoms with Crippen LogP contribution in [0.3, 0.4) is 0 Å². The summed E-state index contributed by atoms with van der Waals surface area (Å²) in [6.45, 7) is 1.51. The molecule has 0 aliphatic carbocycles. The van der Waals surface area contributed by atoms with Gasteiger partial charge in [-0.2, -0.15) is 0 Å². The molecule has 1 atom stereocenters. The monoisotopic (exact) mass is 368 g/mol. The molecule has 1 aromatic heterocycles. The molecule has 2 heterocycles. The van der Waals surface area contributed by atoms with Crippen molar-refractivity contribution in [2.24, 2.45) is 0 Å². The highest BCUT2D eigenvalue weighted by Crippen LogP contribution is 2.26. The number of anilines is 1. The number of piperidine rings is 1. The van der Waals surface area contributed by atoms with E-state index in [2.05, 4.69) is 20.0 Å². The zero-order valence-corrected chi connectivity index (χ0v) is 13.9. The van der Waals surface area contributed by atoms with E-state index in [9.17, 15) is 18.0 Å². The predicted molar refractivity (Wildman–Crippen MR) is 90.1 cm³/mol. The number of nitrogens with one attached hydrogen (secondary N) is 2. The van der Waals surface area contributed by atoms with Crippen molar-refractivity contribution in [2.45, 2.75) is 31.8 Å². The van der Waals surface area contributed by atoms with Crippen LogP contribution in [0.25, 0.3) is 0 Å². The summed E-state index contributed by atoms with van der Waals surface area (Å²) in [6.07, 6.45) is -0.00273. The lowest BCUT2D eigenvalue weighted by Gasteiger charge is -2.33. The third-order valence-corrected chi connectivity index (χ3v) is 4.19. The third kappa shape index (κ3) is 4.75. The topological polar surface area (TPSA) is 70.2 Å². The van der Waals surface area contributed by atoms with Crippen LogP contribution in [0.1, 0.15) is 18.4 Å². The largest absolute Gasteiger partial charge is 0.573 e. The Morgan fingerprint density at radius 1 is 1.35 bits per heavy atom. The lowest BCUT2D eigenvalue weighted by atomic mass is 10.1. The molecule has 0 amide bonds. The van der Waals surface area contributed by atoms with Gasteiger partial charge in [0.05, 0.1) is 0 Å². The zero-order valence-electron chi connectivity index (χ0n) is 13.9. The Bertz CT molecular complexity index is 794. The number of hydrogen-bond donors (Lipinski definition) is 2. The Morgan fingerprint density at radius 3 is 2.92 bits per heavy atom. The number of hydrogen-bond acceptors (Lipinski definition) is 5. The minimum Gasteiger partial charge on any atom is -0.405 e. The second-order valence-corrected chi connectivity index (χ2v) is 6.06. The standard InChI is InChI=1S/C17H19F3N4O2/c18-17(19,20)26-14-6-2-1-4-12(14)10-23-13-5-3-9-24(11-13)15-16(25)22-8-7-21-15/h1-2,4,6-8,13,23H,3,5,9-11H2,(H,22,25)/t13-/m1/s1. The van der Waals surface area contributed by atoms with Crippen LogP contribution in [0.5, 0.6) is 5.75 Å². The fraction of sp³-hybridized carbons (Fsp3) is 0.412. The number of rotatable bonds is 5. The van der Waals surface area contributed by atoms with Crippen LogP contribution in [-0.4, -0.2) is 35.5 Å². The SMILES string of the molecule is O=c1[nH]ccnc1N1CCC[C@@H](NCc2ccccc2OC(F)(F)F)C1. The first kappa shape index (κ1) is 18.2. The fourth-order valence-electron chi connectivity index (χ4n) is 3.03. The summed E-state index contributed by atoms with van der Waals surface area (Å²) in [6, 6.07) is 6.09. The van der Waals surface area contributed by atoms with E-state index < -0.39 is 6.36 Å². The zero-order chi connectivity index (χ0) is 18.6. The van der Waals surface area contributed by atoms with Gasteiger partial charge >= 0.3 is 6.36 Å². The van der Waals surface area contributed by atoms with Gasteiger partial charge in [0.15, 0.2) is 5.82 Å². The summed E-state index contributed by atoms with van der Waals surface area (Å²) in [4.78, 5) is 20.5. The van der Waals surface area contributed by atoms with Crippen LogP contribution < -0.4 is 20.5 Å². The molecule has 1 saturated heterocycles. The molecule has 1 aromatic carbocycles. The summed E-state index contributed by atoms with van der Waals surface area (Å²) in [5.74, 6) is 0.154. The molecule has 1 aliphatic heterocycles. The van der Waals surface area contributed by atoms with E-state index >= 15 is 0 Å². The molecule has 2 N–H and O–H groups in total. The van der Waals surface area contributed by atoms with Crippen molar-refractivity contribution < 1.29 is 17.9 Å². The lowest BCUT2D eigenvalue weighted by molar-refractivity contribution is -0.274. The van der Waals surface area contributed by atoms with Gasteiger partial charge in [-0.3, -0.25) is 4.79 Å². The molecule has 1 aliphatic rings. The Balaban J connectivity index is 1.64. The van der Waals surface area contributed by atoms with Gasteiger partial charge in [-0.05, 0) is 18.9 Å². The van der Waals surface area contributed by atoms with Crippen LogP contribution in [0.15, 0.2) is 41.5 Å². The van der Waals surface area contributed by atoms with Crippen molar-refractivity contribution in [3.63, 3.8) is 0 Å². The molecular weight excluding hydrogens is 349 g/mol. The van der Waals surface area contributed by atoms with E-state index in [4.69, 9.17) is 0 Å². The Kier molecular flexibility index (Phi) is 5.46. The number of alkyl halides is 3. The van der Waals surface area contributed by atoms with E-state index in [-0.39, 0.29) is 23.9 Å². The smallest absolute Gasteiger partial charge is 0.405 e. The van der Waals surface area contributed by atoms with Gasteiger partial charge in [0.2, 0.25) is 0 Å². The van der Waals surface area contributed by atoms with Crippen molar-refractivity contribution in [2.75, 3.05) is 18.0 Å². The van der Waals surface area contributed by atoms with E-state index in [0.717, 1.165) is 12.8 Å². The van der Waals surface area contributed by atoms with Gasteiger partial charge in [0, 0.05) is 43.6 Å². The second-order valence-electron chi connectivity index (χ2n) is 6.06. The average molecular weight is 368 g/mol. The number of benzene rings is 1. The highest BCUT2D eigenvalue weighted by molar-refractivity contribution is 5.36. The van der Waals surface area contributed by atoms with Gasteiger partial charge in [-0.15, -0.1) is 13.2 Å². The molecule has 6 nitrogen and oxygen atoms in total. The average Bonchev–Trinajstić information content (AvgIpc) is 2.60. The number of ether oxygens (including phenoxy) is 1. The summed E-state index contributed by atoms with van der Waals surface area (Å²) in [5, 5.41) is 3.25. The minimum absolute atomic E-state index is 0.0316. The molecule has 0 unspecified atom stereocenters. The number of aromatic nitrogens is 2. The molecule has 1 fully saturated rings. The fourth-order valence-corrected chi connectivity index (χ4v) is 3.03. The number of H-pyrrole nitrogens is 1. The summed E-state index contributed by atoms with van der Waals surface area (Å²) >= 11 is 0. The highest BCUT2D eigenvalue weighted by atomic mass is 19.4. The normalized spacial score (nSPS) is 18.0. The van der Waals surface area contributed by atoms with Gasteiger partial charge in [0.1, 0.15) is 5.75 Å². The van der Waals surface area contributed by atoms with E-state index in [1.165, 1.54) is 24.5 Å². The molecule has 140 valence electrons. The first-order valence-electron chi connectivity index (χ1n) is 8.28. The van der Waals surface area contributed by atoms with Crippen molar-refractivity contribution in [3.05, 3.63) is 52.6 Å². The van der Waals surface area contributed by atoms with Gasteiger partial charge in [0.25, 0.3) is 5.56 Å². The maximum absolute atomic E-state index is 12.5. The van der Waals surface area contributed by atoms with E-state index in [0.29, 0.717) is 24.5 Å². The number of para-hydroxylation sites is 1. The number of aromatic amines is 1. The minimum atomic E-state index is -4.72. The van der Waals surface area contributed by atoms with Crippen LogP contribution in [0, 0.1) is 0 Å². The van der Waals surface area contributed by atoms with E-state index in [1.807, 2.05) is 4.90 Å². The van der Waals surface area contributed by atoms with Crippen LogP contribution in [0.4, 0.5) is 19.0 Å². The summed E-state index contributed by atoms with van der Waals surface area (Å²) < 4.78 is 41.6. The number of nitrogens with zero attached hydrogens (tertiary/aromatic N) is 2. The molecule has 9 heteroatoms. The first-order valence-corrected chi connectivity index (χ1v) is 8.28. The third-order valence-electron chi connectivity index (χ3n) is 4.19. The molecule has 0 spiro atoms. The predicted octanol–water partition coefficient (Wildman–Crippen LogP) is 2.43. The maximum Gasteiger partial charge on any atom is 0.573 e. The molecule has 2 aromatic rings. The van der Waals surface area contributed by atoms with Gasteiger partial charge in [-0.25, -0.2) is 4.98 Å². The molecular formula is C17H19F3N4O2. The van der Waals surface area contributed by atoms with Gasteiger partial charge < -0.3 is 19.9 Å². The van der Waals surface area contributed by atoms with Crippen molar-refractivity contribution in [1.29, 1.82) is 0 Å². The molecule has 26 heavy (non-hydrogen) atoms. The van der Waals surface area contributed by atoms with Crippen molar-refractivity contribution >= 4 is 5.82 Å². The summed E-state index contributed by atoms with van der Waals surface area (Å²) in [7, 11) is 0. The van der Waals surface area contributed by atoms with Crippen molar-refractivity contribution in [3.8, 4) is 5.75 Å². The van der Waals surface area contributed by atoms with Crippen LogP contribution in [-0.2, 0) is 6.54 Å². The maximum atomic E-state index is 12.5. The lowest BCUT2D eigenvalue weighted by Crippen LogP contribution is -2.47. The molecule has 0 saturated carbocycles. The molecule has 3 rings (SSSR count). The van der Waals surface area contributed by atoms with Gasteiger partial charge in [-0.1, -0.05) is 18.2 Å². The Morgan fingerprint density at radius 2 is 2.15 bits per heavy atom. The first-order chi connectivity index (χ1) is 12.4. The second kappa shape index (κ2) is 7.77. The van der Waals surface area contributed by atoms with Crippen LogP contribution in [0.2, 0.25) is 0 Å². The molecule has 0 bridgehead atoms. The summed E-state index contributed by atoms with van der Waals surface area (Å²) in [5.41, 5.74) is 0.176. The quantitative estimate of drug-likeness (QED) is 0.848. The molecule has 0 radical (unpaired) electrons. The highest BCUT2D eigenvalue weighted by Gasteiger charge is 2.32. The van der Waals surface area contributed by atoms with Crippen molar-refractivity contribution in [1.82, 2.24) is 15.3 Å². The number of halogens is 3. The van der Waals surface area contributed by atoms with Crippen LogP contribution >= 0.6 is 0 Å². The van der Waals surface area contributed by atoms with E-state index in [1.54, 1.807) is 12.1 Å². The Hall–Kier alpha value is -2.55.